The zero-order valence-corrected chi connectivity index (χ0v) is 18.0. The molecular formula is C26H23NO4. The molecule has 5 heteroatoms. The third-order valence-electron chi connectivity index (χ3n) is 5.78. The molecule has 0 saturated carbocycles. The van der Waals surface area contributed by atoms with E-state index in [4.69, 9.17) is 14.2 Å². The number of aliphatic imine (C=N–C) groups is 1. The van der Waals surface area contributed by atoms with Crippen LogP contribution in [-0.4, -0.2) is 18.7 Å². The van der Waals surface area contributed by atoms with Crippen molar-refractivity contribution in [1.82, 2.24) is 0 Å². The highest BCUT2D eigenvalue weighted by atomic mass is 16.7. The van der Waals surface area contributed by atoms with E-state index < -0.39 is 5.97 Å². The third-order valence-corrected chi connectivity index (χ3v) is 5.78. The van der Waals surface area contributed by atoms with E-state index >= 15 is 0 Å². The fourth-order valence-electron chi connectivity index (χ4n) is 4.06. The number of carbonyl (C=O) groups excluding carboxylic acids is 1. The maximum Gasteiger partial charge on any atom is 0.363 e. The first kappa shape index (κ1) is 19.4. The maximum atomic E-state index is 12.6. The van der Waals surface area contributed by atoms with E-state index in [1.165, 1.54) is 16.7 Å². The summed E-state index contributed by atoms with van der Waals surface area (Å²) < 4.78 is 16.2. The molecule has 0 radical (unpaired) electrons. The first-order chi connectivity index (χ1) is 14.9. The highest BCUT2D eigenvalue weighted by Crippen LogP contribution is 2.38. The molecule has 0 spiro atoms. The van der Waals surface area contributed by atoms with E-state index in [1.807, 2.05) is 12.1 Å². The maximum absolute atomic E-state index is 12.6. The number of hydrogen-bond acceptors (Lipinski definition) is 5. The minimum Gasteiger partial charge on any atom is -0.454 e. The Morgan fingerprint density at radius 3 is 2.58 bits per heavy atom. The number of fused-ring (bicyclic) bond motifs is 2. The summed E-state index contributed by atoms with van der Waals surface area (Å²) in [6, 6.07) is 14.1. The first-order valence-corrected chi connectivity index (χ1v) is 10.4. The average molecular weight is 413 g/mol. The number of cyclic esters (lactones) is 1. The van der Waals surface area contributed by atoms with Crippen LogP contribution in [0, 0.1) is 13.8 Å². The van der Waals surface area contributed by atoms with Crippen molar-refractivity contribution in [2.24, 2.45) is 4.99 Å². The van der Waals surface area contributed by atoms with Crippen LogP contribution in [0.3, 0.4) is 0 Å². The van der Waals surface area contributed by atoms with Gasteiger partial charge in [0.25, 0.3) is 0 Å². The second-order valence-electron chi connectivity index (χ2n) is 8.29. The van der Waals surface area contributed by atoms with Gasteiger partial charge in [-0.1, -0.05) is 38.1 Å². The second kappa shape index (κ2) is 7.27. The lowest BCUT2D eigenvalue weighted by atomic mass is 10.0. The van der Waals surface area contributed by atoms with Crippen molar-refractivity contribution in [2.75, 3.05) is 6.79 Å². The van der Waals surface area contributed by atoms with E-state index in [1.54, 1.807) is 12.1 Å². The van der Waals surface area contributed by atoms with Crippen LogP contribution in [0.25, 0.3) is 17.2 Å². The number of benzene rings is 1. The minimum atomic E-state index is -0.458. The standard InChI is InChI=1S/C26H23NO4/c1-14(2)17-6-5-15(3)24-19(9-16(4)20(24)10-17)11-21-26(28)31-25(27-21)18-7-8-22-23(12-18)30-13-29-22/h5-12,14H,13H2,1-4H3. The quantitative estimate of drug-likeness (QED) is 0.414. The van der Waals surface area contributed by atoms with Gasteiger partial charge in [-0.05, 0) is 77.4 Å². The predicted molar refractivity (Wildman–Crippen MR) is 120 cm³/mol. The van der Waals surface area contributed by atoms with Crippen LogP contribution in [0.2, 0.25) is 0 Å². The summed E-state index contributed by atoms with van der Waals surface area (Å²) in [6.07, 6.45) is 1.82. The molecule has 2 aliphatic heterocycles. The Balaban J connectivity index is 1.56. The van der Waals surface area contributed by atoms with Gasteiger partial charge in [0.15, 0.2) is 17.2 Å². The van der Waals surface area contributed by atoms with Crippen LogP contribution in [0.1, 0.15) is 47.6 Å². The normalized spacial score (nSPS) is 16.4. The van der Waals surface area contributed by atoms with Gasteiger partial charge in [-0.15, -0.1) is 0 Å². The van der Waals surface area contributed by atoms with Gasteiger partial charge in [-0.25, -0.2) is 9.79 Å². The fraction of sp³-hybridized carbons (Fsp3) is 0.231. The predicted octanol–water partition coefficient (Wildman–Crippen LogP) is 5.60. The van der Waals surface area contributed by atoms with Gasteiger partial charge in [0.1, 0.15) is 0 Å². The van der Waals surface area contributed by atoms with E-state index in [0.29, 0.717) is 23.0 Å². The molecule has 0 amide bonds. The van der Waals surface area contributed by atoms with Crippen LogP contribution in [-0.2, 0) is 9.53 Å². The van der Waals surface area contributed by atoms with Gasteiger partial charge in [0.05, 0.1) is 0 Å². The van der Waals surface area contributed by atoms with E-state index in [0.717, 1.165) is 16.7 Å². The molecule has 2 heterocycles. The lowest BCUT2D eigenvalue weighted by molar-refractivity contribution is -0.129. The number of aryl methyl sites for hydroxylation is 2. The van der Waals surface area contributed by atoms with Gasteiger partial charge < -0.3 is 14.2 Å². The summed E-state index contributed by atoms with van der Waals surface area (Å²) in [4.78, 5) is 17.0. The molecule has 156 valence electrons. The van der Waals surface area contributed by atoms with Crippen LogP contribution in [0.4, 0.5) is 0 Å². The second-order valence-corrected chi connectivity index (χ2v) is 8.29. The number of nitrogens with zero attached hydrogens (tertiary/aromatic N) is 1. The first-order valence-electron chi connectivity index (χ1n) is 10.4. The van der Waals surface area contributed by atoms with Crippen molar-refractivity contribution in [2.45, 2.75) is 33.6 Å². The molecule has 0 aromatic heterocycles. The van der Waals surface area contributed by atoms with Gasteiger partial charge in [-0.2, -0.15) is 0 Å². The highest BCUT2D eigenvalue weighted by Gasteiger charge is 2.27. The molecular weight excluding hydrogens is 390 g/mol. The molecule has 0 atom stereocenters. The number of hydrogen-bond donors (Lipinski definition) is 0. The fourth-order valence-corrected chi connectivity index (χ4v) is 4.06. The molecule has 5 nitrogen and oxygen atoms in total. The molecule has 1 aromatic rings. The summed E-state index contributed by atoms with van der Waals surface area (Å²) in [7, 11) is 0. The average Bonchev–Trinajstić information content (AvgIpc) is 3.39. The molecule has 2 aliphatic carbocycles. The Labute approximate surface area is 181 Å². The zero-order chi connectivity index (χ0) is 21.7. The summed E-state index contributed by atoms with van der Waals surface area (Å²) >= 11 is 0. The summed E-state index contributed by atoms with van der Waals surface area (Å²) in [5.41, 5.74) is 7.89. The lowest BCUT2D eigenvalue weighted by Crippen LogP contribution is -2.05. The van der Waals surface area contributed by atoms with Crippen molar-refractivity contribution < 1.29 is 19.0 Å². The molecule has 4 aliphatic rings. The SMILES string of the molecule is Cc1cc(C=C2N=C(c3ccc4c(c3)OCO4)OC2=O)c2c(C)ccc(C(C)C)cc1-2. The Hall–Kier alpha value is -3.60. The van der Waals surface area contributed by atoms with Crippen LogP contribution in [0.15, 0.2) is 53.2 Å². The summed E-state index contributed by atoms with van der Waals surface area (Å²) in [6.45, 7) is 8.77. The number of carbonyl (C=O) groups is 1. The molecule has 0 saturated heterocycles. The topological polar surface area (TPSA) is 57.1 Å². The van der Waals surface area contributed by atoms with E-state index in [9.17, 15) is 4.79 Å². The van der Waals surface area contributed by atoms with E-state index in [2.05, 4.69) is 57.0 Å². The van der Waals surface area contributed by atoms with Crippen molar-refractivity contribution >= 4 is 17.9 Å². The Morgan fingerprint density at radius 2 is 1.77 bits per heavy atom. The van der Waals surface area contributed by atoms with Gasteiger partial charge in [0.2, 0.25) is 12.7 Å². The molecule has 0 bridgehead atoms. The lowest BCUT2D eigenvalue weighted by Gasteiger charge is -2.04. The van der Waals surface area contributed by atoms with E-state index in [-0.39, 0.29) is 18.4 Å². The van der Waals surface area contributed by atoms with Gasteiger partial charge >= 0.3 is 5.97 Å². The van der Waals surface area contributed by atoms with Gasteiger partial charge in [0, 0.05) is 5.56 Å². The summed E-state index contributed by atoms with van der Waals surface area (Å²) in [5, 5.41) is 0. The smallest absolute Gasteiger partial charge is 0.363 e. The number of ether oxygens (including phenoxy) is 3. The molecule has 0 fully saturated rings. The van der Waals surface area contributed by atoms with Crippen LogP contribution >= 0.6 is 0 Å². The largest absolute Gasteiger partial charge is 0.454 e. The molecule has 0 unspecified atom stereocenters. The van der Waals surface area contributed by atoms with Crippen molar-refractivity contribution in [1.29, 1.82) is 0 Å². The van der Waals surface area contributed by atoms with Crippen molar-refractivity contribution in [3.63, 3.8) is 0 Å². The highest BCUT2D eigenvalue weighted by molar-refractivity contribution is 6.13. The molecule has 1 aromatic carbocycles. The monoisotopic (exact) mass is 413 g/mol. The number of esters is 1. The third kappa shape index (κ3) is 3.36. The molecule has 31 heavy (non-hydrogen) atoms. The Morgan fingerprint density at radius 1 is 0.968 bits per heavy atom. The minimum absolute atomic E-state index is 0.189. The van der Waals surface area contributed by atoms with Crippen molar-refractivity contribution in [3.05, 3.63) is 76.0 Å². The summed E-state index contributed by atoms with van der Waals surface area (Å²) in [5.74, 6) is 1.54. The Kier molecular flexibility index (Phi) is 4.54. The molecule has 5 rings (SSSR count). The zero-order valence-electron chi connectivity index (χ0n) is 18.0. The van der Waals surface area contributed by atoms with Crippen molar-refractivity contribution in [3.8, 4) is 22.6 Å². The number of rotatable bonds is 3. The van der Waals surface area contributed by atoms with Gasteiger partial charge in [-0.3, -0.25) is 0 Å². The molecule has 0 N–H and O–H groups in total. The van der Waals surface area contributed by atoms with Crippen LogP contribution in [0.5, 0.6) is 11.5 Å². The Bertz CT molecular complexity index is 1250. The van der Waals surface area contributed by atoms with Crippen LogP contribution < -0.4 is 9.47 Å².